The zero-order chi connectivity index (χ0) is 36.7. The van der Waals surface area contributed by atoms with Crippen LogP contribution in [0.3, 0.4) is 0 Å². The third-order valence-corrected chi connectivity index (χ3v) is 7.95. The maximum absolute atomic E-state index is 12.0. The molecular weight excluding hydrogens is 617 g/mol. The highest BCUT2D eigenvalue weighted by molar-refractivity contribution is 6.01. The van der Waals surface area contributed by atoms with E-state index in [1.807, 2.05) is 85.8 Å². The van der Waals surface area contributed by atoms with Gasteiger partial charge in [0.25, 0.3) is 5.91 Å². The topological polar surface area (TPSA) is 71.3 Å². The van der Waals surface area contributed by atoms with E-state index in [1.165, 1.54) is 24.0 Å². The van der Waals surface area contributed by atoms with Crippen LogP contribution in [0.15, 0.2) is 134 Å². The third kappa shape index (κ3) is 13.9. The summed E-state index contributed by atoms with van der Waals surface area (Å²) in [5.74, 6) is 0.373. The molecular formula is C45H56N2O3. The summed E-state index contributed by atoms with van der Waals surface area (Å²) in [5, 5.41) is 11.2. The normalized spacial score (nSPS) is 10.5. The van der Waals surface area contributed by atoms with Crippen molar-refractivity contribution in [1.29, 1.82) is 0 Å². The number of ketones is 1. The number of aryl methyl sites for hydroxylation is 2. The molecule has 0 bridgehead atoms. The molecule has 0 fully saturated rings. The van der Waals surface area contributed by atoms with E-state index < -0.39 is 0 Å². The molecule has 5 nitrogen and oxygen atoms in total. The van der Waals surface area contributed by atoms with Crippen LogP contribution < -0.4 is 5.32 Å². The molecule has 1 aromatic heterocycles. The Hall–Kier alpha value is -5.00. The number of nitrogens with zero attached hydrogens (tertiary/aromatic N) is 1. The first-order chi connectivity index (χ1) is 24.2. The lowest BCUT2D eigenvalue weighted by atomic mass is 10.0. The molecule has 1 amide bonds. The van der Waals surface area contributed by atoms with Gasteiger partial charge in [-0.15, -0.1) is 6.58 Å². The molecule has 0 saturated heterocycles. The van der Waals surface area contributed by atoms with Crippen LogP contribution in [0, 0.1) is 12.8 Å². The van der Waals surface area contributed by atoms with Crippen LogP contribution in [0.2, 0.25) is 0 Å². The number of aromatic nitrogens is 1. The lowest BCUT2D eigenvalue weighted by molar-refractivity contribution is 0.0944. The van der Waals surface area contributed by atoms with E-state index in [0.29, 0.717) is 11.5 Å². The van der Waals surface area contributed by atoms with E-state index in [1.54, 1.807) is 19.1 Å². The summed E-state index contributed by atoms with van der Waals surface area (Å²) in [6.07, 6.45) is 6.63. The number of unbranched alkanes of at least 4 members (excludes halogenated alkanes) is 1. The average molecular weight is 673 g/mol. The maximum Gasteiger partial charge on any atom is 0.251 e. The molecule has 1 heterocycles. The van der Waals surface area contributed by atoms with Crippen molar-refractivity contribution in [2.45, 2.75) is 67.2 Å². The molecule has 0 aliphatic heterocycles. The van der Waals surface area contributed by atoms with E-state index in [0.717, 1.165) is 41.0 Å². The molecule has 264 valence electrons. The van der Waals surface area contributed by atoms with Crippen molar-refractivity contribution in [3.8, 4) is 16.9 Å². The van der Waals surface area contributed by atoms with Crippen molar-refractivity contribution in [2.24, 2.45) is 5.92 Å². The highest BCUT2D eigenvalue weighted by atomic mass is 16.3. The summed E-state index contributed by atoms with van der Waals surface area (Å²) in [6.45, 7) is 16.3. The van der Waals surface area contributed by atoms with Crippen LogP contribution in [0.5, 0.6) is 0 Å². The van der Waals surface area contributed by atoms with Gasteiger partial charge in [-0.25, -0.2) is 0 Å². The monoisotopic (exact) mass is 672 g/mol. The zero-order valence-electron chi connectivity index (χ0n) is 30.9. The second kappa shape index (κ2) is 23.4. The molecule has 0 radical (unpaired) electrons. The van der Waals surface area contributed by atoms with E-state index in [-0.39, 0.29) is 24.8 Å². The molecule has 0 aliphatic rings. The summed E-state index contributed by atoms with van der Waals surface area (Å²) in [4.78, 5) is 23.6. The van der Waals surface area contributed by atoms with Crippen LogP contribution in [0.4, 0.5) is 0 Å². The Balaban J connectivity index is 0.000000266. The Kier molecular flexibility index (Phi) is 19.2. The average Bonchev–Trinajstić information content (AvgIpc) is 3.53. The minimum atomic E-state index is -0.151. The Bertz CT molecular complexity index is 1670. The number of carbonyl (C=O) groups is 2. The van der Waals surface area contributed by atoms with Gasteiger partial charge in [-0.2, -0.15) is 0 Å². The van der Waals surface area contributed by atoms with Crippen molar-refractivity contribution in [2.75, 3.05) is 13.2 Å². The number of carbonyl (C=O) groups excluding carboxylic acids is 2. The second-order valence-electron chi connectivity index (χ2n) is 12.1. The van der Waals surface area contributed by atoms with Gasteiger partial charge in [0.1, 0.15) is 0 Å². The minimum absolute atomic E-state index is 0.0410. The van der Waals surface area contributed by atoms with Gasteiger partial charge in [-0.1, -0.05) is 138 Å². The Morgan fingerprint density at radius 3 is 1.80 bits per heavy atom. The largest absolute Gasteiger partial charge is 0.395 e. The van der Waals surface area contributed by atoms with Crippen molar-refractivity contribution in [3.63, 3.8) is 0 Å². The number of hydrogen-bond acceptors (Lipinski definition) is 3. The van der Waals surface area contributed by atoms with Crippen molar-refractivity contribution >= 4 is 11.7 Å². The summed E-state index contributed by atoms with van der Waals surface area (Å²) in [6, 6.07) is 40.1. The molecule has 5 aromatic rings. The lowest BCUT2D eigenvalue weighted by Gasteiger charge is -2.13. The number of rotatable bonds is 11. The van der Waals surface area contributed by atoms with Crippen LogP contribution in [0.25, 0.3) is 16.9 Å². The van der Waals surface area contributed by atoms with Gasteiger partial charge in [-0.3, -0.25) is 9.59 Å². The number of para-hydroxylation sites is 1. The predicted octanol–water partition coefficient (Wildman–Crippen LogP) is 10.5. The standard InChI is InChI=1S/C19H17NO.C14H19NO2.C8H10.C4H10/c1-14-13-18(15(2)21)19(16-9-5-3-6-10-16)20(14)17-11-7-4-8-12-17;1-3-11(2)10-12-4-6-13(7-5-12)14(17)15-8-9-16;1-2-8-6-4-3-5-7-8;1-3-4-2/h3-13H,1-2H3;3-7,11,16H,1,8-10H2,2H3,(H,15,17);3-7H,2H2,1H3;3-4H2,1-2H3. The first-order valence-corrected chi connectivity index (χ1v) is 17.7. The number of hydrogen-bond donors (Lipinski definition) is 2. The van der Waals surface area contributed by atoms with E-state index in [2.05, 4.69) is 80.6 Å². The van der Waals surface area contributed by atoms with Gasteiger partial charge < -0.3 is 15.0 Å². The number of benzene rings is 4. The highest BCUT2D eigenvalue weighted by Crippen LogP contribution is 2.31. The number of aliphatic hydroxyl groups excluding tert-OH is 1. The van der Waals surface area contributed by atoms with E-state index in [4.69, 9.17) is 5.11 Å². The second-order valence-corrected chi connectivity index (χ2v) is 12.1. The van der Waals surface area contributed by atoms with Crippen LogP contribution in [-0.4, -0.2) is 34.5 Å². The molecule has 1 unspecified atom stereocenters. The minimum Gasteiger partial charge on any atom is -0.395 e. The van der Waals surface area contributed by atoms with E-state index in [9.17, 15) is 9.59 Å². The third-order valence-electron chi connectivity index (χ3n) is 7.95. The maximum atomic E-state index is 12.0. The molecule has 5 heteroatoms. The SMILES string of the molecule is C=CC(C)Cc1ccc(C(=O)NCCO)cc1.CC(=O)c1cc(C)n(-c2ccccc2)c1-c1ccccc1.CCCC.CCc1ccccc1. The summed E-state index contributed by atoms with van der Waals surface area (Å²) in [7, 11) is 0. The number of aliphatic hydroxyl groups is 1. The fraction of sp³-hybridized carbons (Fsp3) is 0.289. The van der Waals surface area contributed by atoms with Crippen LogP contribution in [0.1, 0.15) is 85.0 Å². The van der Waals surface area contributed by atoms with Crippen molar-refractivity contribution in [1.82, 2.24) is 9.88 Å². The summed E-state index contributed by atoms with van der Waals surface area (Å²) in [5.41, 5.74) is 8.14. The fourth-order valence-electron chi connectivity index (χ4n) is 4.93. The number of nitrogens with one attached hydrogen (secondary N) is 1. The Morgan fingerprint density at radius 2 is 1.34 bits per heavy atom. The zero-order valence-corrected chi connectivity index (χ0v) is 30.9. The molecule has 50 heavy (non-hydrogen) atoms. The molecule has 4 aromatic carbocycles. The first kappa shape index (κ1) is 41.2. The van der Waals surface area contributed by atoms with Crippen molar-refractivity contribution in [3.05, 3.63) is 162 Å². The fourth-order valence-corrected chi connectivity index (χ4v) is 4.93. The molecule has 5 rings (SSSR count). The quantitative estimate of drug-likeness (QED) is 0.108. The number of allylic oxidation sites excluding steroid dienone is 1. The van der Waals surface area contributed by atoms with Gasteiger partial charge in [0.15, 0.2) is 5.78 Å². The summed E-state index contributed by atoms with van der Waals surface area (Å²) < 4.78 is 2.14. The van der Waals surface area contributed by atoms with Gasteiger partial charge in [0, 0.05) is 29.1 Å². The number of amides is 1. The predicted molar refractivity (Wildman–Crippen MR) is 211 cm³/mol. The molecule has 1 atom stereocenters. The highest BCUT2D eigenvalue weighted by Gasteiger charge is 2.18. The Morgan fingerprint density at radius 1 is 0.800 bits per heavy atom. The first-order valence-electron chi connectivity index (χ1n) is 17.7. The van der Waals surface area contributed by atoms with Gasteiger partial charge in [-0.05, 0) is 79.6 Å². The van der Waals surface area contributed by atoms with Gasteiger partial charge in [0.05, 0.1) is 12.3 Å². The molecule has 0 aliphatic carbocycles. The van der Waals surface area contributed by atoms with Crippen LogP contribution >= 0.6 is 0 Å². The molecule has 0 spiro atoms. The Labute approximate surface area is 300 Å². The summed E-state index contributed by atoms with van der Waals surface area (Å²) >= 11 is 0. The molecule has 2 N–H and O–H groups in total. The smallest absolute Gasteiger partial charge is 0.251 e. The lowest BCUT2D eigenvalue weighted by Crippen LogP contribution is -2.26. The van der Waals surface area contributed by atoms with Gasteiger partial charge >= 0.3 is 0 Å². The molecule has 0 saturated carbocycles. The van der Waals surface area contributed by atoms with E-state index >= 15 is 0 Å². The van der Waals surface area contributed by atoms with Crippen molar-refractivity contribution < 1.29 is 14.7 Å². The van der Waals surface area contributed by atoms with Crippen LogP contribution in [-0.2, 0) is 12.8 Å². The van der Waals surface area contributed by atoms with Gasteiger partial charge in [0.2, 0.25) is 0 Å². The number of Topliss-reactive ketones (excluding diaryl/α,β-unsaturated/α-hetero) is 1.